The van der Waals surface area contributed by atoms with Crippen LogP contribution >= 0.6 is 0 Å². The fourth-order valence-electron chi connectivity index (χ4n) is 5.75. The van der Waals surface area contributed by atoms with Crippen LogP contribution in [0.25, 0.3) is 0 Å². The first-order chi connectivity index (χ1) is 12.5. The Balaban J connectivity index is 1.30. The van der Waals surface area contributed by atoms with E-state index in [1.807, 2.05) is 12.1 Å². The predicted molar refractivity (Wildman–Crippen MR) is 101 cm³/mol. The van der Waals surface area contributed by atoms with Crippen molar-refractivity contribution in [2.24, 2.45) is 27.5 Å². The van der Waals surface area contributed by atoms with Gasteiger partial charge in [-0.1, -0.05) is 31.1 Å². The largest absolute Gasteiger partial charge is 0.497 e. The zero-order valence-corrected chi connectivity index (χ0v) is 15.8. The molecule has 5 nitrogen and oxygen atoms in total. The molecule has 4 aliphatic rings. The molecule has 2 unspecified atom stereocenters. The van der Waals surface area contributed by atoms with Crippen molar-refractivity contribution < 1.29 is 9.57 Å². The number of fused-ring (bicyclic) bond motifs is 3. The Morgan fingerprint density at radius 3 is 2.58 bits per heavy atom. The number of oxime groups is 1. The molecule has 1 aromatic carbocycles. The molecule has 2 bridgehead atoms. The van der Waals surface area contributed by atoms with Crippen molar-refractivity contribution in [3.05, 3.63) is 29.8 Å². The van der Waals surface area contributed by atoms with E-state index in [0.717, 1.165) is 35.9 Å². The molecular weight excluding hydrogens is 326 g/mol. The molecule has 2 aliphatic carbocycles. The SMILES string of the molecule is COc1ccc(C2CC(C3=NOC4(C3)[C@H]3CC[C@H](C3)C4(C)C)=NN2)cc1. The van der Waals surface area contributed by atoms with Gasteiger partial charge < -0.3 is 15.0 Å². The van der Waals surface area contributed by atoms with E-state index in [0.29, 0.717) is 5.92 Å². The quantitative estimate of drug-likeness (QED) is 0.892. The molecule has 5 heteroatoms. The molecule has 2 fully saturated rings. The molecule has 1 N–H and O–H groups in total. The van der Waals surface area contributed by atoms with E-state index in [-0.39, 0.29) is 17.1 Å². The number of methoxy groups -OCH3 is 1. The van der Waals surface area contributed by atoms with Crippen molar-refractivity contribution in [1.29, 1.82) is 0 Å². The smallest absolute Gasteiger partial charge is 0.151 e. The second-order valence-electron chi connectivity index (χ2n) is 8.84. The molecule has 0 radical (unpaired) electrons. The number of ether oxygens (including phenoxy) is 1. The molecule has 1 aromatic rings. The maximum atomic E-state index is 6.21. The number of nitrogens with zero attached hydrogens (tertiary/aromatic N) is 2. The second-order valence-corrected chi connectivity index (χ2v) is 8.84. The maximum Gasteiger partial charge on any atom is 0.151 e. The summed E-state index contributed by atoms with van der Waals surface area (Å²) in [6, 6.07) is 8.39. The van der Waals surface area contributed by atoms with Crippen molar-refractivity contribution in [3.63, 3.8) is 0 Å². The second kappa shape index (κ2) is 5.48. The van der Waals surface area contributed by atoms with Gasteiger partial charge in [0.15, 0.2) is 5.60 Å². The first-order valence-electron chi connectivity index (χ1n) is 9.75. The van der Waals surface area contributed by atoms with Crippen LogP contribution in [0.4, 0.5) is 0 Å². The molecule has 2 saturated carbocycles. The van der Waals surface area contributed by atoms with Gasteiger partial charge in [0, 0.05) is 24.2 Å². The van der Waals surface area contributed by atoms with Crippen molar-refractivity contribution in [3.8, 4) is 5.75 Å². The number of hydrogen-bond acceptors (Lipinski definition) is 5. The van der Waals surface area contributed by atoms with Gasteiger partial charge in [-0.05, 0) is 42.9 Å². The summed E-state index contributed by atoms with van der Waals surface area (Å²) in [4.78, 5) is 6.21. The van der Waals surface area contributed by atoms with E-state index in [1.54, 1.807) is 7.11 Å². The number of rotatable bonds is 3. The molecule has 2 heterocycles. The van der Waals surface area contributed by atoms with Gasteiger partial charge in [-0.15, -0.1) is 0 Å². The highest BCUT2D eigenvalue weighted by molar-refractivity contribution is 6.43. The molecule has 4 atom stereocenters. The highest BCUT2D eigenvalue weighted by Crippen LogP contribution is 2.65. The normalized spacial score (nSPS) is 36.7. The predicted octanol–water partition coefficient (Wildman–Crippen LogP) is 4.06. The first kappa shape index (κ1) is 16.2. The standard InChI is InChI=1S/C21H27N3O2/c1-20(2)14-6-7-15(10-14)21(20)12-19(24-26-21)18-11-17(22-23-18)13-4-8-16(25-3)9-5-13/h4-5,8-9,14-15,17,22H,6-7,10-12H2,1-3H3/t14-,15+,17?,21?/m1/s1. The van der Waals surface area contributed by atoms with Gasteiger partial charge in [0.05, 0.1) is 18.9 Å². The van der Waals surface area contributed by atoms with Gasteiger partial charge in [0.1, 0.15) is 11.5 Å². The highest BCUT2D eigenvalue weighted by atomic mass is 16.7. The van der Waals surface area contributed by atoms with Crippen molar-refractivity contribution >= 4 is 11.4 Å². The van der Waals surface area contributed by atoms with Crippen LogP contribution in [-0.2, 0) is 4.84 Å². The summed E-state index contributed by atoms with van der Waals surface area (Å²) in [6.07, 6.45) is 5.71. The summed E-state index contributed by atoms with van der Waals surface area (Å²) in [6.45, 7) is 4.76. The maximum absolute atomic E-state index is 6.21. The summed E-state index contributed by atoms with van der Waals surface area (Å²) in [5.74, 6) is 2.30. The lowest BCUT2D eigenvalue weighted by molar-refractivity contribution is -0.135. The zero-order chi connectivity index (χ0) is 17.9. The van der Waals surface area contributed by atoms with E-state index < -0.39 is 0 Å². The topological polar surface area (TPSA) is 55.2 Å². The summed E-state index contributed by atoms with van der Waals surface area (Å²) in [5, 5.41) is 9.16. The third-order valence-electron chi connectivity index (χ3n) is 7.56. The van der Waals surface area contributed by atoms with Gasteiger partial charge in [-0.25, -0.2) is 0 Å². The van der Waals surface area contributed by atoms with Crippen LogP contribution in [0.5, 0.6) is 5.75 Å². The van der Waals surface area contributed by atoms with Gasteiger partial charge in [-0.3, -0.25) is 0 Å². The third-order valence-corrected chi connectivity index (χ3v) is 7.56. The molecule has 0 amide bonds. The van der Waals surface area contributed by atoms with Crippen LogP contribution in [0, 0.1) is 17.3 Å². The van der Waals surface area contributed by atoms with E-state index in [1.165, 1.54) is 24.8 Å². The van der Waals surface area contributed by atoms with E-state index in [4.69, 9.17) is 9.57 Å². The Bertz CT molecular complexity index is 783. The fraction of sp³-hybridized carbons (Fsp3) is 0.619. The lowest BCUT2D eigenvalue weighted by Gasteiger charge is -2.44. The van der Waals surface area contributed by atoms with Gasteiger partial charge >= 0.3 is 0 Å². The minimum atomic E-state index is -0.105. The van der Waals surface area contributed by atoms with E-state index >= 15 is 0 Å². The number of hydrogen-bond donors (Lipinski definition) is 1. The van der Waals surface area contributed by atoms with Crippen molar-refractivity contribution in [2.45, 2.75) is 57.6 Å². The summed E-state index contributed by atoms with van der Waals surface area (Å²) < 4.78 is 5.25. The Morgan fingerprint density at radius 2 is 1.88 bits per heavy atom. The average Bonchev–Trinajstić information content (AvgIpc) is 3.41. The number of nitrogens with one attached hydrogen (secondary N) is 1. The summed E-state index contributed by atoms with van der Waals surface area (Å²) in [7, 11) is 1.69. The van der Waals surface area contributed by atoms with Gasteiger partial charge in [0.25, 0.3) is 0 Å². The van der Waals surface area contributed by atoms with Crippen LogP contribution in [0.15, 0.2) is 34.5 Å². The Morgan fingerprint density at radius 1 is 1.12 bits per heavy atom. The van der Waals surface area contributed by atoms with Gasteiger partial charge in [0.2, 0.25) is 0 Å². The minimum Gasteiger partial charge on any atom is -0.497 e. The summed E-state index contributed by atoms with van der Waals surface area (Å²) >= 11 is 0. The Labute approximate surface area is 154 Å². The molecule has 1 spiro atoms. The lowest BCUT2D eigenvalue weighted by Crippen LogP contribution is -2.49. The van der Waals surface area contributed by atoms with Crippen LogP contribution in [-0.4, -0.2) is 24.1 Å². The molecule has 26 heavy (non-hydrogen) atoms. The Kier molecular flexibility index (Phi) is 3.40. The molecule has 2 aliphatic heterocycles. The molecule has 138 valence electrons. The molecule has 0 aromatic heterocycles. The molecular formula is C21H27N3O2. The monoisotopic (exact) mass is 353 g/mol. The van der Waals surface area contributed by atoms with E-state index in [2.05, 4.69) is 41.7 Å². The fourth-order valence-corrected chi connectivity index (χ4v) is 5.75. The average molecular weight is 353 g/mol. The highest BCUT2D eigenvalue weighted by Gasteiger charge is 2.67. The lowest BCUT2D eigenvalue weighted by atomic mass is 9.63. The Hall–Kier alpha value is -2.04. The van der Waals surface area contributed by atoms with Crippen LogP contribution in [0.2, 0.25) is 0 Å². The minimum absolute atomic E-state index is 0.105. The van der Waals surface area contributed by atoms with Gasteiger partial charge in [-0.2, -0.15) is 5.10 Å². The van der Waals surface area contributed by atoms with Crippen molar-refractivity contribution in [2.75, 3.05) is 7.11 Å². The number of hydrazone groups is 1. The number of benzene rings is 1. The summed E-state index contributed by atoms with van der Waals surface area (Å²) in [5.41, 5.74) is 6.70. The molecule has 5 rings (SSSR count). The van der Waals surface area contributed by atoms with Crippen LogP contribution in [0.3, 0.4) is 0 Å². The third kappa shape index (κ3) is 2.09. The van der Waals surface area contributed by atoms with Crippen LogP contribution in [0.1, 0.15) is 57.6 Å². The van der Waals surface area contributed by atoms with Crippen molar-refractivity contribution in [1.82, 2.24) is 5.43 Å². The first-order valence-corrected chi connectivity index (χ1v) is 9.75. The van der Waals surface area contributed by atoms with Crippen LogP contribution < -0.4 is 10.2 Å². The van der Waals surface area contributed by atoms with E-state index in [9.17, 15) is 0 Å². The zero-order valence-electron chi connectivity index (χ0n) is 15.8. The molecule has 0 saturated heterocycles.